The first-order valence-corrected chi connectivity index (χ1v) is 7.32. The van der Waals surface area contributed by atoms with E-state index in [9.17, 15) is 8.42 Å². The number of aliphatic imine (C=N–C) groups is 1. The molecule has 1 atom stereocenters. The average molecular weight is 366 g/mol. The van der Waals surface area contributed by atoms with Crippen LogP contribution in [0.25, 0.3) is 10.8 Å². The molecule has 1 unspecified atom stereocenters. The monoisotopic (exact) mass is 365 g/mol. The molecule has 0 spiro atoms. The molecule has 0 saturated heterocycles. The van der Waals surface area contributed by atoms with Crippen LogP contribution in [0.3, 0.4) is 0 Å². The lowest BCUT2D eigenvalue weighted by Gasteiger charge is -2.12. The first-order chi connectivity index (χ1) is 9.40. The number of hydrogen-bond donors (Lipinski definition) is 3. The van der Waals surface area contributed by atoms with Crippen LogP contribution in [-0.2, 0) is 10.0 Å². The van der Waals surface area contributed by atoms with Gasteiger partial charge in [-0.05, 0) is 19.1 Å². The van der Waals surface area contributed by atoms with Gasteiger partial charge in [0.1, 0.15) is 6.17 Å². The van der Waals surface area contributed by atoms with Crippen molar-refractivity contribution in [3.05, 3.63) is 36.7 Å². The summed E-state index contributed by atoms with van der Waals surface area (Å²) >= 11 is 0. The number of fused-ring (bicyclic) bond motifs is 1. The van der Waals surface area contributed by atoms with E-state index in [0.717, 1.165) is 5.39 Å². The molecule has 0 radical (unpaired) electrons. The van der Waals surface area contributed by atoms with Gasteiger partial charge in [0, 0.05) is 23.2 Å². The third kappa shape index (κ3) is 4.70. The molecule has 0 fully saturated rings. The standard InChI is InChI=1S/C12H15N5O2S.2ClH/c1-8(16-12(13)14)17-20(18,19)11-4-2-3-9-7-15-6-5-10(9)11;;/h2-8,17H,1H3,(H4,13,14,16);2*1H. The highest BCUT2D eigenvalue weighted by Crippen LogP contribution is 2.21. The molecule has 2 rings (SSSR count). The Bertz CT molecular complexity index is 758. The molecule has 1 aromatic heterocycles. The Morgan fingerprint density at radius 3 is 2.59 bits per heavy atom. The molecule has 22 heavy (non-hydrogen) atoms. The van der Waals surface area contributed by atoms with Gasteiger partial charge in [-0.1, -0.05) is 12.1 Å². The van der Waals surface area contributed by atoms with Gasteiger partial charge < -0.3 is 11.5 Å². The predicted molar refractivity (Wildman–Crippen MR) is 91.8 cm³/mol. The van der Waals surface area contributed by atoms with Crippen LogP contribution in [0.4, 0.5) is 0 Å². The molecular formula is C12H17Cl2N5O2S. The van der Waals surface area contributed by atoms with Crippen molar-refractivity contribution in [1.82, 2.24) is 9.71 Å². The van der Waals surface area contributed by atoms with Crippen molar-refractivity contribution in [3.8, 4) is 0 Å². The molecule has 0 aliphatic rings. The second-order valence-electron chi connectivity index (χ2n) is 4.20. The number of rotatable bonds is 4. The molecule has 0 aliphatic heterocycles. The molecule has 122 valence electrons. The number of aromatic nitrogens is 1. The Morgan fingerprint density at radius 2 is 1.95 bits per heavy atom. The quantitative estimate of drug-likeness (QED) is 0.550. The lowest BCUT2D eigenvalue weighted by atomic mass is 10.2. The smallest absolute Gasteiger partial charge is 0.242 e. The van der Waals surface area contributed by atoms with E-state index in [1.165, 1.54) is 6.07 Å². The summed E-state index contributed by atoms with van der Waals surface area (Å²) in [7, 11) is -3.73. The highest BCUT2D eigenvalue weighted by atomic mass is 35.5. The Kier molecular flexibility index (Phi) is 7.54. The maximum Gasteiger partial charge on any atom is 0.242 e. The minimum absolute atomic E-state index is 0. The lowest BCUT2D eigenvalue weighted by Crippen LogP contribution is -2.35. The molecule has 7 nitrogen and oxygen atoms in total. The average Bonchev–Trinajstić information content (AvgIpc) is 2.36. The highest BCUT2D eigenvalue weighted by molar-refractivity contribution is 7.89. The van der Waals surface area contributed by atoms with Crippen LogP contribution in [0.15, 0.2) is 46.5 Å². The van der Waals surface area contributed by atoms with Crippen molar-refractivity contribution in [2.45, 2.75) is 18.0 Å². The molecule has 5 N–H and O–H groups in total. The van der Waals surface area contributed by atoms with Crippen molar-refractivity contribution in [2.24, 2.45) is 16.5 Å². The molecule has 1 heterocycles. The van der Waals surface area contributed by atoms with Crippen molar-refractivity contribution in [2.75, 3.05) is 0 Å². The largest absolute Gasteiger partial charge is 0.370 e. The molecule has 0 saturated carbocycles. The number of nitrogens with zero attached hydrogens (tertiary/aromatic N) is 2. The Balaban J connectivity index is 0.00000220. The Labute approximate surface area is 141 Å². The zero-order valence-electron chi connectivity index (χ0n) is 11.6. The maximum atomic E-state index is 12.4. The number of nitrogens with one attached hydrogen (secondary N) is 1. The summed E-state index contributed by atoms with van der Waals surface area (Å²) in [4.78, 5) is 7.87. The number of sulfonamides is 1. The van der Waals surface area contributed by atoms with Crippen LogP contribution in [0.1, 0.15) is 6.92 Å². The van der Waals surface area contributed by atoms with Gasteiger partial charge in [-0.2, -0.15) is 4.72 Å². The first-order valence-electron chi connectivity index (χ1n) is 5.84. The van der Waals surface area contributed by atoms with Crippen molar-refractivity contribution < 1.29 is 8.42 Å². The molecule has 0 bridgehead atoms. The van der Waals surface area contributed by atoms with E-state index < -0.39 is 16.2 Å². The van der Waals surface area contributed by atoms with E-state index in [4.69, 9.17) is 11.5 Å². The van der Waals surface area contributed by atoms with E-state index in [0.29, 0.717) is 5.39 Å². The lowest BCUT2D eigenvalue weighted by molar-refractivity contribution is 0.567. The second-order valence-corrected chi connectivity index (χ2v) is 5.89. The number of hydrogen-bond acceptors (Lipinski definition) is 4. The van der Waals surface area contributed by atoms with Crippen molar-refractivity contribution in [3.63, 3.8) is 0 Å². The maximum absolute atomic E-state index is 12.4. The molecule has 10 heteroatoms. The van der Waals surface area contributed by atoms with Gasteiger partial charge in [0.2, 0.25) is 10.0 Å². The summed E-state index contributed by atoms with van der Waals surface area (Å²) in [5.41, 5.74) is 10.5. The minimum Gasteiger partial charge on any atom is -0.370 e. The van der Waals surface area contributed by atoms with E-state index in [1.807, 2.05) is 0 Å². The van der Waals surface area contributed by atoms with Gasteiger partial charge in [0.15, 0.2) is 5.96 Å². The van der Waals surface area contributed by atoms with Crippen LogP contribution >= 0.6 is 24.8 Å². The van der Waals surface area contributed by atoms with Crippen LogP contribution in [-0.4, -0.2) is 25.5 Å². The fourth-order valence-corrected chi connectivity index (χ4v) is 3.23. The van der Waals surface area contributed by atoms with Gasteiger partial charge in [0.05, 0.1) is 4.90 Å². The zero-order chi connectivity index (χ0) is 14.8. The number of pyridine rings is 1. The van der Waals surface area contributed by atoms with Gasteiger partial charge in [0.25, 0.3) is 0 Å². The number of benzene rings is 1. The second kappa shape index (κ2) is 8.14. The third-order valence-electron chi connectivity index (χ3n) is 2.60. The summed E-state index contributed by atoms with van der Waals surface area (Å²) in [5, 5.41) is 1.33. The topological polar surface area (TPSA) is 123 Å². The fourth-order valence-electron chi connectivity index (χ4n) is 1.87. The number of guanidine groups is 1. The van der Waals surface area contributed by atoms with Gasteiger partial charge in [-0.15, -0.1) is 24.8 Å². The number of nitrogens with two attached hydrogens (primary N) is 2. The molecule has 2 aromatic rings. The van der Waals surface area contributed by atoms with E-state index in [1.54, 1.807) is 37.5 Å². The van der Waals surface area contributed by atoms with E-state index in [-0.39, 0.29) is 35.7 Å². The Hall–Kier alpha value is -1.61. The third-order valence-corrected chi connectivity index (χ3v) is 4.19. The highest BCUT2D eigenvalue weighted by Gasteiger charge is 2.19. The van der Waals surface area contributed by atoms with Crippen LogP contribution in [0.2, 0.25) is 0 Å². The van der Waals surface area contributed by atoms with E-state index >= 15 is 0 Å². The summed E-state index contributed by atoms with van der Waals surface area (Å²) in [6.45, 7) is 1.55. The first kappa shape index (κ1) is 20.4. The molecule has 0 aliphatic carbocycles. The zero-order valence-corrected chi connectivity index (χ0v) is 14.1. The van der Waals surface area contributed by atoms with Crippen LogP contribution in [0, 0.1) is 0 Å². The number of halogens is 2. The predicted octanol–water partition coefficient (Wildman–Crippen LogP) is 0.976. The molecule has 0 amide bonds. The van der Waals surface area contributed by atoms with Gasteiger partial charge >= 0.3 is 0 Å². The van der Waals surface area contributed by atoms with Gasteiger partial charge in [-0.25, -0.2) is 13.4 Å². The summed E-state index contributed by atoms with van der Waals surface area (Å²) in [6, 6.07) is 6.62. The van der Waals surface area contributed by atoms with E-state index in [2.05, 4.69) is 14.7 Å². The summed E-state index contributed by atoms with van der Waals surface area (Å²) in [5.74, 6) is -0.178. The van der Waals surface area contributed by atoms with Crippen LogP contribution < -0.4 is 16.2 Å². The minimum atomic E-state index is -3.73. The van der Waals surface area contributed by atoms with Crippen molar-refractivity contribution in [1.29, 1.82) is 0 Å². The normalized spacial score (nSPS) is 11.9. The summed E-state index contributed by atoms with van der Waals surface area (Å²) in [6.07, 6.45) is 2.40. The van der Waals surface area contributed by atoms with Gasteiger partial charge in [-0.3, -0.25) is 4.98 Å². The fraction of sp³-hybridized carbons (Fsp3) is 0.167. The van der Waals surface area contributed by atoms with Crippen LogP contribution in [0.5, 0.6) is 0 Å². The Morgan fingerprint density at radius 1 is 1.27 bits per heavy atom. The molecule has 1 aromatic carbocycles. The SMILES string of the molecule is CC(N=C(N)N)NS(=O)(=O)c1cccc2cnccc12.Cl.Cl. The summed E-state index contributed by atoms with van der Waals surface area (Å²) < 4.78 is 27.1. The molecular weight excluding hydrogens is 349 g/mol. The van der Waals surface area contributed by atoms with Crippen molar-refractivity contribution >= 4 is 51.6 Å².